The largest absolute Gasteiger partial charge is 0.428 e. The molecule has 1 aliphatic carbocycles. The normalized spacial score (nSPS) is 19.0. The Labute approximate surface area is 168 Å². The molecule has 1 saturated carbocycles. The lowest BCUT2D eigenvalue weighted by Crippen LogP contribution is -2.35. The molecule has 0 aliphatic heterocycles. The summed E-state index contributed by atoms with van der Waals surface area (Å²) >= 11 is 12.7. The van der Waals surface area contributed by atoms with Crippen LogP contribution in [0.3, 0.4) is 0 Å². The summed E-state index contributed by atoms with van der Waals surface area (Å²) < 4.78 is 5.12. The number of para-hydroxylation sites is 1. The Morgan fingerprint density at radius 3 is 2.67 bits per heavy atom. The van der Waals surface area contributed by atoms with Crippen molar-refractivity contribution in [2.24, 2.45) is 5.92 Å². The average Bonchev–Trinajstić information content (AvgIpc) is 2.61. The highest BCUT2D eigenvalue weighted by Crippen LogP contribution is 2.31. The van der Waals surface area contributed by atoms with Crippen LogP contribution in [0, 0.1) is 12.8 Å². The van der Waals surface area contributed by atoms with Crippen LogP contribution in [0.1, 0.15) is 37.0 Å². The van der Waals surface area contributed by atoms with Gasteiger partial charge in [-0.3, -0.25) is 4.79 Å². The molecule has 6 heteroatoms. The first-order valence-electron chi connectivity index (χ1n) is 8.98. The smallest absolute Gasteiger partial charge is 0.346 e. The number of aryl methyl sites for hydroxylation is 1. The third-order valence-electron chi connectivity index (χ3n) is 4.73. The van der Waals surface area contributed by atoms with Gasteiger partial charge in [0.1, 0.15) is 11.5 Å². The summed E-state index contributed by atoms with van der Waals surface area (Å²) in [5.41, 5.74) is 0.408. The van der Waals surface area contributed by atoms with Gasteiger partial charge >= 0.3 is 5.63 Å². The minimum Gasteiger partial charge on any atom is -0.428 e. The zero-order chi connectivity index (χ0) is 19.4. The lowest BCUT2D eigenvalue weighted by atomic mass is 9.82. The van der Waals surface area contributed by atoms with Crippen molar-refractivity contribution in [1.29, 1.82) is 0 Å². The first kappa shape index (κ1) is 19.7. The fraction of sp³-hybridized carbons (Fsp3) is 0.333. The Morgan fingerprint density at radius 2 is 2.00 bits per heavy atom. The second kappa shape index (κ2) is 8.77. The third kappa shape index (κ3) is 4.82. The zero-order valence-electron chi connectivity index (χ0n) is 15.0. The highest BCUT2D eigenvalue weighted by atomic mass is 35.5. The van der Waals surface area contributed by atoms with E-state index >= 15 is 0 Å². The molecule has 0 unspecified atom stereocenters. The van der Waals surface area contributed by atoms with Gasteiger partial charge in [0.2, 0.25) is 0 Å². The van der Waals surface area contributed by atoms with Crippen LogP contribution in [-0.4, -0.2) is 11.8 Å². The number of nitrogens with one attached hydrogen (secondary N) is 1. The maximum Gasteiger partial charge on any atom is 0.346 e. The van der Waals surface area contributed by atoms with Gasteiger partial charge in [0.05, 0.1) is 21.7 Å². The molecule has 1 aromatic carbocycles. The molecule has 1 heterocycles. The molecule has 0 amide bonds. The summed E-state index contributed by atoms with van der Waals surface area (Å²) in [7, 11) is 0. The van der Waals surface area contributed by atoms with Gasteiger partial charge in [-0.05, 0) is 44.0 Å². The van der Waals surface area contributed by atoms with Crippen LogP contribution in [0.25, 0.3) is 5.03 Å². The van der Waals surface area contributed by atoms with E-state index in [4.69, 9.17) is 27.6 Å². The molecule has 1 N–H and O–H groups in total. The van der Waals surface area contributed by atoms with Crippen molar-refractivity contribution in [3.8, 4) is 0 Å². The highest BCUT2D eigenvalue weighted by molar-refractivity contribution is 6.50. The summed E-state index contributed by atoms with van der Waals surface area (Å²) in [5.74, 6) is 0.418. The molecule has 4 nitrogen and oxygen atoms in total. The van der Waals surface area contributed by atoms with E-state index in [1.54, 1.807) is 19.1 Å². The number of carbonyl (C=O) groups excluding carboxylic acids is 1. The number of hydrogen-bond donors (Lipinski definition) is 1. The Balaban J connectivity index is 1.98. The third-order valence-corrected chi connectivity index (χ3v) is 5.35. The van der Waals surface area contributed by atoms with Crippen molar-refractivity contribution in [3.63, 3.8) is 0 Å². The van der Waals surface area contributed by atoms with Gasteiger partial charge in [-0.15, -0.1) is 0 Å². The predicted octanol–water partition coefficient (Wildman–Crippen LogP) is 5.42. The number of hydrogen-bond acceptors (Lipinski definition) is 4. The molecule has 1 fully saturated rings. The zero-order valence-corrected chi connectivity index (χ0v) is 16.5. The minimum absolute atomic E-state index is 0.118. The average molecular weight is 406 g/mol. The second-order valence-electron chi connectivity index (χ2n) is 6.74. The van der Waals surface area contributed by atoms with Gasteiger partial charge in [0.15, 0.2) is 0 Å². The van der Waals surface area contributed by atoms with Crippen LogP contribution in [-0.2, 0) is 4.79 Å². The lowest BCUT2D eigenvalue weighted by Gasteiger charge is -2.29. The molecular weight excluding hydrogens is 385 g/mol. The van der Waals surface area contributed by atoms with Crippen LogP contribution in [0.4, 0.5) is 5.69 Å². The first-order chi connectivity index (χ1) is 13.0. The Bertz CT molecular complexity index is 905. The maximum atomic E-state index is 12.5. The van der Waals surface area contributed by atoms with Crippen LogP contribution in [0.2, 0.25) is 5.02 Å². The standard InChI is InChI=1S/C21H21Cl2NO3/c1-13-11-16(22)20(21(26)27-13)17(23)12-18(15-9-5-6-10-19(15)25)24-14-7-3-2-4-8-14/h2-4,7-8,11-12,15,18,24H,5-6,9-10H2,1H3/b17-12-/t15-,18+/m0/s1. The van der Waals surface area contributed by atoms with E-state index in [0.29, 0.717) is 12.2 Å². The Hall–Kier alpha value is -2.04. The Kier molecular flexibility index (Phi) is 6.40. The number of rotatable bonds is 5. The van der Waals surface area contributed by atoms with Gasteiger partial charge in [-0.2, -0.15) is 0 Å². The van der Waals surface area contributed by atoms with E-state index in [-0.39, 0.29) is 33.4 Å². The quantitative estimate of drug-likeness (QED) is 0.720. The number of Topliss-reactive ketones (excluding diaryl/α,β-unsaturated/α-hetero) is 1. The summed E-state index contributed by atoms with van der Waals surface area (Å²) in [5, 5.41) is 3.79. The molecule has 27 heavy (non-hydrogen) atoms. The topological polar surface area (TPSA) is 59.3 Å². The fourth-order valence-electron chi connectivity index (χ4n) is 3.40. The summed E-state index contributed by atoms with van der Waals surface area (Å²) in [6.07, 6.45) is 4.95. The van der Waals surface area contributed by atoms with E-state index in [1.807, 2.05) is 30.3 Å². The van der Waals surface area contributed by atoms with Crippen LogP contribution in [0.15, 0.2) is 51.7 Å². The molecular formula is C21H21Cl2NO3. The van der Waals surface area contributed by atoms with Gasteiger partial charge in [-0.25, -0.2) is 4.79 Å². The van der Waals surface area contributed by atoms with Crippen LogP contribution < -0.4 is 10.9 Å². The molecule has 1 aromatic heterocycles. The minimum atomic E-state index is -0.588. The van der Waals surface area contributed by atoms with Crippen LogP contribution in [0.5, 0.6) is 0 Å². The van der Waals surface area contributed by atoms with E-state index in [0.717, 1.165) is 24.9 Å². The predicted molar refractivity (Wildman–Crippen MR) is 109 cm³/mol. The van der Waals surface area contributed by atoms with Gasteiger partial charge in [0, 0.05) is 18.0 Å². The highest BCUT2D eigenvalue weighted by Gasteiger charge is 2.30. The van der Waals surface area contributed by atoms with E-state index in [2.05, 4.69) is 5.32 Å². The second-order valence-corrected chi connectivity index (χ2v) is 7.55. The van der Waals surface area contributed by atoms with E-state index in [1.165, 1.54) is 0 Å². The summed E-state index contributed by atoms with van der Waals surface area (Å²) in [4.78, 5) is 24.7. The molecule has 2 aromatic rings. The maximum absolute atomic E-state index is 12.5. The number of halogens is 2. The van der Waals surface area contributed by atoms with Crippen LogP contribution >= 0.6 is 23.2 Å². The molecule has 2 atom stereocenters. The first-order valence-corrected chi connectivity index (χ1v) is 9.73. The molecule has 0 radical (unpaired) electrons. The van der Waals surface area contributed by atoms with Crippen molar-refractivity contribution >= 4 is 39.7 Å². The summed E-state index contributed by atoms with van der Waals surface area (Å²) in [6, 6.07) is 10.8. The number of carbonyl (C=O) groups is 1. The van der Waals surface area contributed by atoms with Crippen molar-refractivity contribution < 1.29 is 9.21 Å². The molecule has 142 valence electrons. The van der Waals surface area contributed by atoms with Crippen molar-refractivity contribution in [2.45, 2.75) is 38.6 Å². The fourth-order valence-corrected chi connectivity index (χ4v) is 4.10. The number of benzene rings is 1. The van der Waals surface area contributed by atoms with Gasteiger partial charge < -0.3 is 9.73 Å². The van der Waals surface area contributed by atoms with E-state index < -0.39 is 5.63 Å². The van der Waals surface area contributed by atoms with E-state index in [9.17, 15) is 9.59 Å². The van der Waals surface area contributed by atoms with Crippen molar-refractivity contribution in [3.05, 3.63) is 69.2 Å². The molecule has 1 aliphatic rings. The lowest BCUT2D eigenvalue weighted by molar-refractivity contribution is -0.124. The van der Waals surface area contributed by atoms with Gasteiger partial charge in [0.25, 0.3) is 0 Å². The van der Waals surface area contributed by atoms with Crippen molar-refractivity contribution in [1.82, 2.24) is 0 Å². The number of anilines is 1. The monoisotopic (exact) mass is 405 g/mol. The number of ketones is 1. The molecule has 3 rings (SSSR count). The summed E-state index contributed by atoms with van der Waals surface area (Å²) in [6.45, 7) is 1.65. The Morgan fingerprint density at radius 1 is 1.26 bits per heavy atom. The van der Waals surface area contributed by atoms with Crippen molar-refractivity contribution in [2.75, 3.05) is 5.32 Å². The molecule has 0 saturated heterocycles. The van der Waals surface area contributed by atoms with Gasteiger partial charge in [-0.1, -0.05) is 47.8 Å². The molecule has 0 bridgehead atoms. The SMILES string of the molecule is Cc1cc(Cl)c(/C(Cl)=C/[C@@H](Nc2ccccc2)[C@@H]2CCCCC2=O)c(=O)o1. The molecule has 0 spiro atoms.